The number of ether oxygens (including phenoxy) is 1. The van der Waals surface area contributed by atoms with Crippen LogP contribution in [0.4, 0.5) is 5.69 Å². The third-order valence-corrected chi connectivity index (χ3v) is 9.55. The van der Waals surface area contributed by atoms with Crippen molar-refractivity contribution in [1.29, 1.82) is 0 Å². The van der Waals surface area contributed by atoms with E-state index in [1.165, 1.54) is 30.2 Å². The molecule has 0 heterocycles. The molecule has 0 saturated carbocycles. The molecule has 0 aliphatic heterocycles. The SMILES string of the molecule is COc1ccc(Cl)cc1N(CC(=O)N(Cc1ccc(C)cc1)[C@@H](Cc1ccccc1)C(=O)NC(C)(C)C)S(=O)(=O)c1ccc(C)cc1. The van der Waals surface area contributed by atoms with Crippen molar-refractivity contribution in [3.8, 4) is 5.75 Å². The van der Waals surface area contributed by atoms with Crippen LogP contribution in [0.1, 0.15) is 43.0 Å². The van der Waals surface area contributed by atoms with Gasteiger partial charge >= 0.3 is 0 Å². The van der Waals surface area contributed by atoms with Crippen LogP contribution in [0.3, 0.4) is 0 Å². The molecule has 0 bridgehead atoms. The van der Waals surface area contributed by atoms with Crippen molar-refractivity contribution < 1.29 is 22.7 Å². The second-order valence-electron chi connectivity index (χ2n) is 12.6. The van der Waals surface area contributed by atoms with Crippen LogP contribution in [0.2, 0.25) is 5.02 Å². The molecule has 248 valence electrons. The number of nitrogens with one attached hydrogen (secondary N) is 1. The lowest BCUT2D eigenvalue weighted by Crippen LogP contribution is -2.56. The Morgan fingerprint density at radius 1 is 0.851 bits per heavy atom. The van der Waals surface area contributed by atoms with Crippen molar-refractivity contribution in [2.24, 2.45) is 0 Å². The van der Waals surface area contributed by atoms with Gasteiger partial charge in [0.2, 0.25) is 11.8 Å². The fourth-order valence-corrected chi connectivity index (χ4v) is 6.69. The zero-order valence-electron chi connectivity index (χ0n) is 27.7. The molecule has 1 N–H and O–H groups in total. The van der Waals surface area contributed by atoms with E-state index in [4.69, 9.17) is 16.3 Å². The number of carbonyl (C=O) groups is 2. The molecule has 2 amide bonds. The first-order chi connectivity index (χ1) is 22.2. The maximum atomic E-state index is 14.7. The Balaban J connectivity index is 1.86. The maximum Gasteiger partial charge on any atom is 0.264 e. The van der Waals surface area contributed by atoms with Crippen molar-refractivity contribution in [2.75, 3.05) is 18.0 Å². The van der Waals surface area contributed by atoms with E-state index < -0.39 is 34.1 Å². The minimum absolute atomic E-state index is 0.00526. The molecular weight excluding hydrogens is 634 g/mol. The highest BCUT2D eigenvalue weighted by Crippen LogP contribution is 2.35. The maximum absolute atomic E-state index is 14.7. The number of halogens is 1. The summed E-state index contributed by atoms with van der Waals surface area (Å²) in [4.78, 5) is 30.2. The van der Waals surface area contributed by atoms with Crippen LogP contribution in [-0.4, -0.2) is 50.4 Å². The lowest BCUT2D eigenvalue weighted by Gasteiger charge is -2.35. The average Bonchev–Trinajstić information content (AvgIpc) is 3.02. The zero-order chi connectivity index (χ0) is 34.4. The highest BCUT2D eigenvalue weighted by molar-refractivity contribution is 7.92. The number of amides is 2. The summed E-state index contributed by atoms with van der Waals surface area (Å²) >= 11 is 6.37. The lowest BCUT2D eigenvalue weighted by atomic mass is 10.0. The molecule has 0 aliphatic carbocycles. The van der Waals surface area contributed by atoms with E-state index in [0.717, 1.165) is 26.6 Å². The summed E-state index contributed by atoms with van der Waals surface area (Å²) in [5, 5.41) is 3.30. The van der Waals surface area contributed by atoms with Crippen LogP contribution in [0.5, 0.6) is 5.75 Å². The van der Waals surface area contributed by atoms with Gasteiger partial charge < -0.3 is 15.0 Å². The third-order valence-electron chi connectivity index (χ3n) is 7.54. The summed E-state index contributed by atoms with van der Waals surface area (Å²) in [5.41, 5.74) is 3.08. The Kier molecular flexibility index (Phi) is 11.4. The first-order valence-electron chi connectivity index (χ1n) is 15.3. The van der Waals surface area contributed by atoms with E-state index in [2.05, 4.69) is 5.32 Å². The Bertz CT molecular complexity index is 1790. The van der Waals surface area contributed by atoms with Crippen LogP contribution >= 0.6 is 11.6 Å². The fraction of sp³-hybridized carbons (Fsp3) is 0.297. The topological polar surface area (TPSA) is 96.0 Å². The van der Waals surface area contributed by atoms with E-state index in [0.29, 0.717) is 0 Å². The first-order valence-corrected chi connectivity index (χ1v) is 17.1. The van der Waals surface area contributed by atoms with Crippen molar-refractivity contribution in [2.45, 2.75) is 64.1 Å². The number of hydrogen-bond donors (Lipinski definition) is 1. The fourth-order valence-electron chi connectivity index (χ4n) is 5.11. The number of hydrogen-bond acceptors (Lipinski definition) is 5. The number of rotatable bonds is 12. The predicted molar refractivity (Wildman–Crippen MR) is 187 cm³/mol. The molecular formula is C37H42ClN3O5S. The van der Waals surface area contributed by atoms with Crippen LogP contribution in [-0.2, 0) is 32.6 Å². The molecule has 0 radical (unpaired) electrons. The van der Waals surface area contributed by atoms with Gasteiger partial charge in [-0.25, -0.2) is 8.42 Å². The molecule has 8 nitrogen and oxygen atoms in total. The number of nitrogens with zero attached hydrogens (tertiary/aromatic N) is 2. The summed E-state index contributed by atoms with van der Waals surface area (Å²) in [7, 11) is -2.90. The van der Waals surface area contributed by atoms with Crippen molar-refractivity contribution in [1.82, 2.24) is 10.2 Å². The van der Waals surface area contributed by atoms with Gasteiger partial charge in [-0.2, -0.15) is 0 Å². The second kappa shape index (κ2) is 15.0. The number of carbonyl (C=O) groups excluding carboxylic acids is 2. The minimum atomic E-state index is -4.31. The van der Waals surface area contributed by atoms with Gasteiger partial charge in [-0.05, 0) is 76.1 Å². The Morgan fingerprint density at radius 3 is 2.02 bits per heavy atom. The van der Waals surface area contributed by atoms with Gasteiger partial charge in [0.1, 0.15) is 18.3 Å². The molecule has 4 aromatic rings. The number of benzene rings is 4. The molecule has 0 aliphatic rings. The van der Waals surface area contributed by atoms with E-state index in [1.54, 1.807) is 24.3 Å². The summed E-state index contributed by atoms with van der Waals surface area (Å²) in [6, 6.07) is 27.1. The molecule has 10 heteroatoms. The number of methoxy groups -OCH3 is 1. The van der Waals surface area contributed by atoms with Crippen molar-refractivity contribution in [3.63, 3.8) is 0 Å². The van der Waals surface area contributed by atoms with Crippen molar-refractivity contribution >= 4 is 39.1 Å². The van der Waals surface area contributed by atoms with E-state index in [1.807, 2.05) is 89.2 Å². The van der Waals surface area contributed by atoms with Gasteiger partial charge in [-0.3, -0.25) is 13.9 Å². The predicted octanol–water partition coefficient (Wildman–Crippen LogP) is 6.72. The second-order valence-corrected chi connectivity index (χ2v) is 14.9. The number of anilines is 1. The normalized spacial score (nSPS) is 12.2. The van der Waals surface area contributed by atoms with Gasteiger partial charge in [0.05, 0.1) is 17.7 Å². The van der Waals surface area contributed by atoms with Gasteiger partial charge in [0.25, 0.3) is 10.0 Å². The van der Waals surface area contributed by atoms with Gasteiger partial charge in [0, 0.05) is 23.5 Å². The summed E-state index contributed by atoms with van der Waals surface area (Å²) in [5.74, 6) is -0.711. The zero-order valence-corrected chi connectivity index (χ0v) is 29.2. The van der Waals surface area contributed by atoms with E-state index in [-0.39, 0.29) is 40.2 Å². The minimum Gasteiger partial charge on any atom is -0.495 e. The van der Waals surface area contributed by atoms with Crippen molar-refractivity contribution in [3.05, 3.63) is 124 Å². The van der Waals surface area contributed by atoms with Crippen LogP contribution in [0.15, 0.2) is 102 Å². The van der Waals surface area contributed by atoms with Crippen LogP contribution in [0, 0.1) is 13.8 Å². The standard InChI is InChI=1S/C37H42ClN3O5S/c1-26-12-16-29(17-13-26)24-40(33(36(43)39-37(3,4)5)22-28-10-8-7-9-11-28)35(42)25-41(32-23-30(38)18-21-34(32)46-6)47(44,45)31-19-14-27(2)15-20-31/h7-21,23,33H,22,24-25H2,1-6H3,(H,39,43)/t33-/m0/s1. The molecule has 0 saturated heterocycles. The molecule has 0 aromatic heterocycles. The lowest BCUT2D eigenvalue weighted by molar-refractivity contribution is -0.140. The Hall–Kier alpha value is -4.34. The highest BCUT2D eigenvalue weighted by Gasteiger charge is 2.36. The summed E-state index contributed by atoms with van der Waals surface area (Å²) in [6.07, 6.45) is 0.214. The van der Waals surface area contributed by atoms with Crippen LogP contribution < -0.4 is 14.4 Å². The quantitative estimate of drug-likeness (QED) is 0.180. The van der Waals surface area contributed by atoms with Gasteiger partial charge in [0.15, 0.2) is 0 Å². The van der Waals surface area contributed by atoms with Gasteiger partial charge in [-0.1, -0.05) is 89.5 Å². The van der Waals surface area contributed by atoms with Gasteiger partial charge in [-0.15, -0.1) is 0 Å². The monoisotopic (exact) mass is 675 g/mol. The molecule has 0 spiro atoms. The molecule has 0 unspecified atom stereocenters. The largest absolute Gasteiger partial charge is 0.495 e. The molecule has 1 atom stereocenters. The molecule has 4 rings (SSSR count). The summed E-state index contributed by atoms with van der Waals surface area (Å²) < 4.78 is 35.2. The average molecular weight is 676 g/mol. The number of sulfonamides is 1. The van der Waals surface area contributed by atoms with E-state index >= 15 is 0 Å². The smallest absolute Gasteiger partial charge is 0.264 e. The summed E-state index contributed by atoms with van der Waals surface area (Å²) in [6.45, 7) is 8.89. The Labute approximate surface area is 283 Å². The highest BCUT2D eigenvalue weighted by atomic mass is 35.5. The Morgan fingerprint density at radius 2 is 1.45 bits per heavy atom. The molecule has 4 aromatic carbocycles. The molecule has 0 fully saturated rings. The van der Waals surface area contributed by atoms with Crippen LogP contribution in [0.25, 0.3) is 0 Å². The molecule has 47 heavy (non-hydrogen) atoms. The number of aryl methyl sites for hydroxylation is 2. The van der Waals surface area contributed by atoms with E-state index in [9.17, 15) is 18.0 Å². The third kappa shape index (κ3) is 9.36. The first kappa shape index (κ1) is 35.5.